The van der Waals surface area contributed by atoms with Crippen molar-refractivity contribution in [2.75, 3.05) is 26.3 Å². The zero-order chi connectivity index (χ0) is 23.2. The van der Waals surface area contributed by atoms with Crippen molar-refractivity contribution in [1.82, 2.24) is 4.90 Å². The van der Waals surface area contributed by atoms with Crippen molar-refractivity contribution >= 4 is 22.9 Å². The normalized spacial score (nSPS) is 19.0. The van der Waals surface area contributed by atoms with Crippen molar-refractivity contribution in [1.29, 1.82) is 0 Å². The Morgan fingerprint density at radius 1 is 1.06 bits per heavy atom. The third-order valence-corrected chi connectivity index (χ3v) is 7.50. The van der Waals surface area contributed by atoms with Gasteiger partial charge in [-0.3, -0.25) is 14.5 Å². The second-order valence-corrected chi connectivity index (χ2v) is 10.2. The summed E-state index contributed by atoms with van der Waals surface area (Å²) in [6.45, 7) is 9.16. The van der Waals surface area contributed by atoms with Gasteiger partial charge in [-0.1, -0.05) is 49.6 Å². The predicted octanol–water partition coefficient (Wildman–Crippen LogP) is 4.91. The zero-order valence-electron chi connectivity index (χ0n) is 19.4. The molecule has 0 radical (unpaired) electrons. The lowest BCUT2D eigenvalue weighted by atomic mass is 9.79. The summed E-state index contributed by atoms with van der Waals surface area (Å²) in [6, 6.07) is 11.1. The van der Waals surface area contributed by atoms with E-state index in [9.17, 15) is 14.7 Å². The zero-order valence-corrected chi connectivity index (χ0v) is 20.2. The summed E-state index contributed by atoms with van der Waals surface area (Å²) >= 11 is 1.54. The first kappa shape index (κ1) is 24.8. The number of benzene rings is 1. The van der Waals surface area contributed by atoms with Gasteiger partial charge in [-0.15, -0.1) is 11.3 Å². The number of carbonyl (C=O) groups is 2. The van der Waals surface area contributed by atoms with Gasteiger partial charge in [0.25, 0.3) is 0 Å². The molecule has 2 fully saturated rings. The van der Waals surface area contributed by atoms with E-state index in [0.717, 1.165) is 56.0 Å². The quantitative estimate of drug-likeness (QED) is 0.646. The molecular formula is C26H35NO4S. The molecule has 6 heteroatoms. The standard InChI is InChI=1S/C13H19NO2S.C13H16O2/c1-10-8-11(17-9-10)12(15)13(2,3)14-4-6-16-7-5-14;14-12(11-7-3-1-4-8-11)13(15)9-5-2-6-10-13/h8-9H,4-7H2,1-3H3;1,3-4,7-8,15H,2,5-6,9-10H2. The van der Waals surface area contributed by atoms with E-state index in [4.69, 9.17) is 4.74 Å². The molecule has 1 aliphatic heterocycles. The summed E-state index contributed by atoms with van der Waals surface area (Å²) in [5.41, 5.74) is 0.263. The predicted molar refractivity (Wildman–Crippen MR) is 129 cm³/mol. The summed E-state index contributed by atoms with van der Waals surface area (Å²) in [4.78, 5) is 27.7. The lowest BCUT2D eigenvalue weighted by Crippen LogP contribution is -2.54. The third kappa shape index (κ3) is 5.93. The highest BCUT2D eigenvalue weighted by molar-refractivity contribution is 7.12. The molecule has 1 aromatic heterocycles. The van der Waals surface area contributed by atoms with Crippen molar-refractivity contribution in [3.8, 4) is 0 Å². The van der Waals surface area contributed by atoms with E-state index in [1.807, 2.05) is 50.4 Å². The van der Waals surface area contributed by atoms with Crippen molar-refractivity contribution in [2.24, 2.45) is 0 Å². The Balaban J connectivity index is 0.000000182. The Hall–Kier alpha value is -1.86. The number of ketones is 2. The van der Waals surface area contributed by atoms with Gasteiger partial charge in [0.05, 0.1) is 23.6 Å². The molecule has 1 saturated carbocycles. The average Bonchev–Trinajstić information content (AvgIpc) is 3.26. The molecule has 0 unspecified atom stereocenters. The Labute approximate surface area is 195 Å². The third-order valence-electron chi connectivity index (χ3n) is 6.45. The van der Waals surface area contributed by atoms with Gasteiger partial charge in [0.15, 0.2) is 11.6 Å². The maximum atomic E-state index is 12.5. The molecular weight excluding hydrogens is 422 g/mol. The Bertz CT molecular complexity index is 894. The van der Waals surface area contributed by atoms with Gasteiger partial charge < -0.3 is 9.84 Å². The lowest BCUT2D eigenvalue weighted by molar-refractivity contribution is -0.00414. The molecule has 0 atom stereocenters. The molecule has 1 aromatic carbocycles. The first-order valence-corrected chi connectivity index (χ1v) is 12.4. The minimum Gasteiger partial charge on any atom is -0.382 e. The van der Waals surface area contributed by atoms with Crippen molar-refractivity contribution in [2.45, 2.75) is 64.0 Å². The van der Waals surface area contributed by atoms with E-state index in [1.54, 1.807) is 23.5 Å². The van der Waals surface area contributed by atoms with Crippen molar-refractivity contribution < 1.29 is 19.4 Å². The van der Waals surface area contributed by atoms with Crippen LogP contribution in [-0.4, -0.2) is 59.0 Å². The molecule has 4 rings (SSSR count). The first-order valence-electron chi connectivity index (χ1n) is 11.5. The summed E-state index contributed by atoms with van der Waals surface area (Å²) in [5, 5.41) is 12.3. The second-order valence-electron chi connectivity index (χ2n) is 9.26. The molecule has 2 aliphatic rings. The van der Waals surface area contributed by atoms with Crippen LogP contribution in [0.2, 0.25) is 0 Å². The highest BCUT2D eigenvalue weighted by atomic mass is 32.1. The van der Waals surface area contributed by atoms with E-state index in [1.165, 1.54) is 0 Å². The number of morpholine rings is 1. The Kier molecular flexibility index (Phi) is 8.39. The highest BCUT2D eigenvalue weighted by Crippen LogP contribution is 2.31. The fourth-order valence-electron chi connectivity index (χ4n) is 4.34. The molecule has 1 aliphatic carbocycles. The number of nitrogens with zero attached hydrogens (tertiary/aromatic N) is 1. The number of hydrogen-bond donors (Lipinski definition) is 1. The number of aliphatic hydroxyl groups is 1. The van der Waals surface area contributed by atoms with Gasteiger partial charge in [-0.25, -0.2) is 0 Å². The fourth-order valence-corrected chi connectivity index (χ4v) is 5.33. The van der Waals surface area contributed by atoms with Gasteiger partial charge in [0, 0.05) is 18.7 Å². The fraction of sp³-hybridized carbons (Fsp3) is 0.538. The SMILES string of the molecule is Cc1csc(C(=O)C(C)(C)N2CCOCC2)c1.O=C(c1ccccc1)C1(O)CCCCC1. The number of carbonyl (C=O) groups excluding carboxylic acids is 2. The number of thiophene rings is 1. The number of ether oxygens (including phenoxy) is 1. The van der Waals surface area contributed by atoms with Crippen LogP contribution in [0, 0.1) is 6.92 Å². The largest absolute Gasteiger partial charge is 0.382 e. The second kappa shape index (κ2) is 10.8. The van der Waals surface area contributed by atoms with Crippen LogP contribution in [0.3, 0.4) is 0 Å². The van der Waals surface area contributed by atoms with E-state index >= 15 is 0 Å². The molecule has 2 aromatic rings. The van der Waals surface area contributed by atoms with Gasteiger partial charge in [0.2, 0.25) is 0 Å². The van der Waals surface area contributed by atoms with Gasteiger partial charge in [-0.2, -0.15) is 0 Å². The maximum absolute atomic E-state index is 12.5. The van der Waals surface area contributed by atoms with Gasteiger partial charge in [0.1, 0.15) is 5.60 Å². The molecule has 1 saturated heterocycles. The molecule has 0 bridgehead atoms. The van der Waals surface area contributed by atoms with Crippen LogP contribution in [-0.2, 0) is 4.74 Å². The Morgan fingerprint density at radius 2 is 1.69 bits per heavy atom. The van der Waals surface area contributed by atoms with E-state index in [-0.39, 0.29) is 11.6 Å². The minimum absolute atomic E-state index is 0.109. The van der Waals surface area contributed by atoms with Crippen LogP contribution in [0.25, 0.3) is 0 Å². The van der Waals surface area contributed by atoms with Gasteiger partial charge >= 0.3 is 0 Å². The van der Waals surface area contributed by atoms with Crippen LogP contribution in [0.4, 0.5) is 0 Å². The number of rotatable bonds is 5. The topological polar surface area (TPSA) is 66.8 Å². The molecule has 174 valence electrons. The van der Waals surface area contributed by atoms with Crippen LogP contribution in [0.5, 0.6) is 0 Å². The van der Waals surface area contributed by atoms with E-state index in [2.05, 4.69) is 4.90 Å². The van der Waals surface area contributed by atoms with Crippen molar-refractivity contribution in [3.05, 3.63) is 57.8 Å². The summed E-state index contributed by atoms with van der Waals surface area (Å²) < 4.78 is 5.33. The van der Waals surface area contributed by atoms with Crippen molar-refractivity contribution in [3.63, 3.8) is 0 Å². The average molecular weight is 458 g/mol. The number of hydrogen-bond acceptors (Lipinski definition) is 6. The summed E-state index contributed by atoms with van der Waals surface area (Å²) in [6.07, 6.45) is 4.26. The number of Topliss-reactive ketones (excluding diaryl/α,β-unsaturated/α-hetero) is 2. The smallest absolute Gasteiger partial charge is 0.194 e. The first-order chi connectivity index (χ1) is 15.2. The van der Waals surface area contributed by atoms with E-state index in [0.29, 0.717) is 18.4 Å². The monoisotopic (exact) mass is 457 g/mol. The molecule has 32 heavy (non-hydrogen) atoms. The summed E-state index contributed by atoms with van der Waals surface area (Å²) in [7, 11) is 0. The Morgan fingerprint density at radius 3 is 2.25 bits per heavy atom. The van der Waals surface area contributed by atoms with Gasteiger partial charge in [-0.05, 0) is 50.6 Å². The maximum Gasteiger partial charge on any atom is 0.194 e. The minimum atomic E-state index is -1.10. The van der Waals surface area contributed by atoms with Crippen LogP contribution in [0.15, 0.2) is 41.8 Å². The summed E-state index contributed by atoms with van der Waals surface area (Å²) in [5.74, 6) is 0.111. The molecule has 5 nitrogen and oxygen atoms in total. The molecule has 2 heterocycles. The van der Waals surface area contributed by atoms with Crippen LogP contribution >= 0.6 is 11.3 Å². The lowest BCUT2D eigenvalue weighted by Gasteiger charge is -2.39. The highest BCUT2D eigenvalue weighted by Gasteiger charge is 2.37. The van der Waals surface area contributed by atoms with E-state index < -0.39 is 11.1 Å². The molecule has 0 amide bonds. The molecule has 0 spiro atoms. The molecule has 1 N–H and O–H groups in total. The number of aryl methyl sites for hydroxylation is 1. The van der Waals surface area contributed by atoms with Crippen LogP contribution in [0.1, 0.15) is 71.5 Å². The van der Waals surface area contributed by atoms with Crippen LogP contribution < -0.4 is 0 Å².